The molecule has 11 heteroatoms. The van der Waals surface area contributed by atoms with Crippen LogP contribution in [-0.2, 0) is 25.5 Å². The fourth-order valence-corrected chi connectivity index (χ4v) is 6.62. The molecule has 1 aromatic heterocycles. The molecule has 2 aromatic carbocycles. The number of hydrogen-bond donors (Lipinski definition) is 1. The molecule has 45 heavy (non-hydrogen) atoms. The molecular weight excluding hydrogens is 618 g/mol. The summed E-state index contributed by atoms with van der Waals surface area (Å²) in [6.07, 6.45) is 4.44. The zero-order chi connectivity index (χ0) is 32.3. The van der Waals surface area contributed by atoms with E-state index in [9.17, 15) is 14.4 Å². The Kier molecular flexibility index (Phi) is 12.3. The van der Waals surface area contributed by atoms with Crippen LogP contribution in [0.2, 0.25) is 4.34 Å². The summed E-state index contributed by atoms with van der Waals surface area (Å²) in [5.74, 6) is -0.687. The minimum absolute atomic E-state index is 0.152. The lowest BCUT2D eigenvalue weighted by Crippen LogP contribution is -2.50. The van der Waals surface area contributed by atoms with E-state index in [1.807, 2.05) is 30.3 Å². The molecule has 1 saturated heterocycles. The molecule has 0 unspecified atom stereocenters. The highest BCUT2D eigenvalue weighted by atomic mass is 35.5. The first-order valence-electron chi connectivity index (χ1n) is 14.8. The van der Waals surface area contributed by atoms with Crippen molar-refractivity contribution in [3.63, 3.8) is 0 Å². The second-order valence-corrected chi connectivity index (χ2v) is 12.4. The number of amides is 1. The molecule has 1 fully saturated rings. The van der Waals surface area contributed by atoms with Gasteiger partial charge in [-0.15, -0.1) is 17.9 Å². The maximum atomic E-state index is 13.9. The van der Waals surface area contributed by atoms with E-state index in [2.05, 4.69) is 6.58 Å². The van der Waals surface area contributed by atoms with E-state index < -0.39 is 36.6 Å². The number of carboxylic acids is 1. The van der Waals surface area contributed by atoms with Crippen molar-refractivity contribution in [1.82, 2.24) is 4.90 Å². The second-order valence-electron chi connectivity index (χ2n) is 10.7. The Morgan fingerprint density at radius 3 is 2.58 bits per heavy atom. The van der Waals surface area contributed by atoms with Gasteiger partial charge in [-0.05, 0) is 86.1 Å². The van der Waals surface area contributed by atoms with Gasteiger partial charge in [-0.3, -0.25) is 4.79 Å². The normalized spacial score (nSPS) is 15.9. The number of aliphatic carboxylic acids is 1. The van der Waals surface area contributed by atoms with E-state index in [0.717, 1.165) is 23.3 Å². The van der Waals surface area contributed by atoms with E-state index in [1.54, 1.807) is 49.5 Å². The van der Waals surface area contributed by atoms with Gasteiger partial charge < -0.3 is 29.0 Å². The molecule has 1 aliphatic heterocycles. The quantitative estimate of drug-likeness (QED) is 0.140. The first-order chi connectivity index (χ1) is 21.7. The van der Waals surface area contributed by atoms with Gasteiger partial charge in [-0.2, -0.15) is 0 Å². The number of piperidine rings is 1. The molecule has 0 spiro atoms. The summed E-state index contributed by atoms with van der Waals surface area (Å²) in [5.41, 5.74) is 1.60. The van der Waals surface area contributed by atoms with Crippen LogP contribution in [0, 0.1) is 0 Å². The molecule has 3 atom stereocenters. The van der Waals surface area contributed by atoms with Gasteiger partial charge >= 0.3 is 11.9 Å². The highest BCUT2D eigenvalue weighted by Gasteiger charge is 2.38. The number of halogens is 1. The van der Waals surface area contributed by atoms with Crippen molar-refractivity contribution in [1.29, 1.82) is 0 Å². The summed E-state index contributed by atoms with van der Waals surface area (Å²) < 4.78 is 23.0. The fourth-order valence-electron chi connectivity index (χ4n) is 5.46. The van der Waals surface area contributed by atoms with Crippen LogP contribution >= 0.6 is 22.9 Å². The van der Waals surface area contributed by atoms with Gasteiger partial charge in [-0.1, -0.05) is 35.9 Å². The average Bonchev–Trinajstić information content (AvgIpc) is 3.49. The maximum Gasteiger partial charge on any atom is 0.341 e. The summed E-state index contributed by atoms with van der Waals surface area (Å²) in [7, 11) is 3.14. The van der Waals surface area contributed by atoms with E-state index in [4.69, 9.17) is 35.7 Å². The van der Waals surface area contributed by atoms with Crippen LogP contribution in [0.4, 0.5) is 0 Å². The van der Waals surface area contributed by atoms with E-state index >= 15 is 0 Å². The van der Waals surface area contributed by atoms with Crippen molar-refractivity contribution in [2.45, 2.75) is 56.6 Å². The smallest absolute Gasteiger partial charge is 0.341 e. The molecule has 0 radical (unpaired) electrons. The third-order valence-electron chi connectivity index (χ3n) is 7.69. The maximum absolute atomic E-state index is 13.9. The van der Waals surface area contributed by atoms with Gasteiger partial charge in [-0.25, -0.2) is 9.59 Å². The highest BCUT2D eigenvalue weighted by Crippen LogP contribution is 2.35. The average molecular weight is 656 g/mol. The molecule has 0 aliphatic carbocycles. The van der Waals surface area contributed by atoms with Crippen molar-refractivity contribution >= 4 is 40.8 Å². The number of carbonyl (C=O) groups is 3. The van der Waals surface area contributed by atoms with Crippen LogP contribution in [0.25, 0.3) is 0 Å². The molecule has 4 rings (SSSR count). The van der Waals surface area contributed by atoms with Gasteiger partial charge in [0.25, 0.3) is 0 Å². The number of thiophene rings is 1. The van der Waals surface area contributed by atoms with Gasteiger partial charge in [0.2, 0.25) is 5.91 Å². The van der Waals surface area contributed by atoms with E-state index in [1.165, 1.54) is 11.3 Å². The first kappa shape index (κ1) is 33.9. The van der Waals surface area contributed by atoms with Crippen molar-refractivity contribution in [3.8, 4) is 17.2 Å². The summed E-state index contributed by atoms with van der Waals surface area (Å²) in [6, 6.07) is 15.4. The third kappa shape index (κ3) is 9.02. The number of carboxylic acid groups (broad SMARTS) is 1. The molecule has 1 aliphatic rings. The summed E-state index contributed by atoms with van der Waals surface area (Å²) >= 11 is 7.54. The van der Waals surface area contributed by atoms with Crippen LogP contribution in [0.15, 0.2) is 67.3 Å². The molecule has 1 amide bonds. The molecule has 3 aromatic rings. The molecule has 1 N–H and O–H groups in total. The van der Waals surface area contributed by atoms with Gasteiger partial charge in [0.1, 0.15) is 17.9 Å². The molecular formula is C34H38ClNO8S. The van der Waals surface area contributed by atoms with Crippen molar-refractivity contribution in [2.75, 3.05) is 27.4 Å². The third-order valence-corrected chi connectivity index (χ3v) is 9.03. The minimum atomic E-state index is -1.10. The van der Waals surface area contributed by atoms with Crippen LogP contribution < -0.4 is 14.2 Å². The number of methoxy groups -OCH3 is 2. The molecule has 0 bridgehead atoms. The number of ether oxygens (including phenoxy) is 4. The standard InChI is InChI=1S/C34H38ClNO8S/c1-4-8-25(30-16-17-31(35)45-30)33(39)36-18-6-5-11-26(36)34(40)44-27(23-9-7-10-24(20-23)43-21-32(37)38)14-12-22-13-15-28(41-2)29(19-22)42-3/h4,7,9-10,13,15-17,19-20,25-27H,1,5-6,8,11-12,14,18,21H2,2-3H3,(H,37,38)/t25-,26+,27-/m1/s1. The van der Waals surface area contributed by atoms with Crippen LogP contribution in [0.5, 0.6) is 17.2 Å². The number of aryl methyl sites for hydroxylation is 1. The van der Waals surface area contributed by atoms with Crippen molar-refractivity contribution in [3.05, 3.63) is 87.6 Å². The van der Waals surface area contributed by atoms with Gasteiger partial charge in [0.05, 0.1) is 24.5 Å². The number of nitrogens with zero attached hydrogens (tertiary/aromatic N) is 1. The number of carbonyl (C=O) groups excluding carboxylic acids is 2. The predicted octanol–water partition coefficient (Wildman–Crippen LogP) is 6.84. The van der Waals surface area contributed by atoms with E-state index in [0.29, 0.717) is 59.4 Å². The Hall–Kier alpha value is -4.02. The lowest BCUT2D eigenvalue weighted by atomic mass is 9.96. The summed E-state index contributed by atoms with van der Waals surface area (Å²) in [5, 5.41) is 9.07. The lowest BCUT2D eigenvalue weighted by molar-refractivity contribution is -0.162. The van der Waals surface area contributed by atoms with E-state index in [-0.39, 0.29) is 5.91 Å². The topological polar surface area (TPSA) is 112 Å². The number of esters is 1. The minimum Gasteiger partial charge on any atom is -0.493 e. The fraction of sp³-hybridized carbons (Fsp3) is 0.382. The molecule has 240 valence electrons. The Labute approximate surface area is 272 Å². The van der Waals surface area contributed by atoms with Gasteiger partial charge in [0.15, 0.2) is 18.1 Å². The first-order valence-corrected chi connectivity index (χ1v) is 16.0. The van der Waals surface area contributed by atoms with Gasteiger partial charge in [0, 0.05) is 11.4 Å². The zero-order valence-corrected chi connectivity index (χ0v) is 27.0. The number of hydrogen-bond acceptors (Lipinski definition) is 8. The lowest BCUT2D eigenvalue weighted by Gasteiger charge is -2.37. The van der Waals surface area contributed by atoms with Crippen LogP contribution in [0.1, 0.15) is 60.1 Å². The highest BCUT2D eigenvalue weighted by molar-refractivity contribution is 7.16. The number of benzene rings is 2. The Balaban J connectivity index is 1.58. The van der Waals surface area contributed by atoms with Crippen molar-refractivity contribution < 1.29 is 38.4 Å². The Morgan fingerprint density at radius 2 is 1.89 bits per heavy atom. The largest absolute Gasteiger partial charge is 0.493 e. The van der Waals surface area contributed by atoms with Crippen molar-refractivity contribution in [2.24, 2.45) is 0 Å². The zero-order valence-electron chi connectivity index (χ0n) is 25.4. The monoisotopic (exact) mass is 655 g/mol. The number of likely N-dealkylation sites (tertiary alicyclic amines) is 1. The molecule has 0 saturated carbocycles. The summed E-state index contributed by atoms with van der Waals surface area (Å²) in [6.45, 7) is 3.78. The second kappa shape index (κ2) is 16.3. The van der Waals surface area contributed by atoms with Crippen LogP contribution in [-0.4, -0.2) is 61.3 Å². The van der Waals surface area contributed by atoms with Crippen LogP contribution in [0.3, 0.4) is 0 Å². The Morgan fingerprint density at radius 1 is 1.09 bits per heavy atom. The Bertz CT molecular complexity index is 1490. The predicted molar refractivity (Wildman–Crippen MR) is 173 cm³/mol. The number of allylic oxidation sites excluding steroid dienone is 1. The summed E-state index contributed by atoms with van der Waals surface area (Å²) in [4.78, 5) is 41.4. The molecule has 9 nitrogen and oxygen atoms in total. The number of rotatable bonds is 15. The SMILES string of the molecule is C=CC[C@@H](C(=O)N1CCCC[C@H]1C(=O)O[C@H](CCc1ccc(OC)c(OC)c1)c1cccc(OCC(=O)O)c1)c1ccc(Cl)s1. The molecule has 2 heterocycles.